The molecule has 12 heavy (non-hydrogen) atoms. The van der Waals surface area contributed by atoms with E-state index in [0.717, 1.165) is 10.4 Å². The zero-order valence-electron chi connectivity index (χ0n) is 6.67. The van der Waals surface area contributed by atoms with E-state index in [4.69, 9.17) is 11.6 Å². The summed E-state index contributed by atoms with van der Waals surface area (Å²) >= 11 is 7.13. The molecule has 1 heterocycles. The molecule has 0 radical (unpaired) electrons. The molecular formula is C8H9ClO2S. The van der Waals surface area contributed by atoms with Gasteiger partial charge in [0.05, 0.1) is 13.5 Å². The third-order valence-electron chi connectivity index (χ3n) is 1.41. The van der Waals surface area contributed by atoms with E-state index >= 15 is 0 Å². The normalized spacial score (nSPS) is 9.83. The number of methoxy groups -OCH3 is 1. The molecule has 0 aliphatic carbocycles. The molecule has 0 spiro atoms. The van der Waals surface area contributed by atoms with Crippen LogP contribution in [0.25, 0.3) is 0 Å². The lowest BCUT2D eigenvalue weighted by molar-refractivity contribution is -0.139. The second-order valence-electron chi connectivity index (χ2n) is 2.31. The van der Waals surface area contributed by atoms with Crippen LogP contribution < -0.4 is 0 Å². The highest BCUT2D eigenvalue weighted by molar-refractivity contribution is 7.10. The van der Waals surface area contributed by atoms with Gasteiger partial charge in [-0.2, -0.15) is 0 Å². The van der Waals surface area contributed by atoms with Crippen LogP contribution in [0.2, 0.25) is 0 Å². The van der Waals surface area contributed by atoms with Crippen LogP contribution in [0.15, 0.2) is 11.4 Å². The maximum absolute atomic E-state index is 10.8. The van der Waals surface area contributed by atoms with E-state index in [1.54, 1.807) is 0 Å². The van der Waals surface area contributed by atoms with Gasteiger partial charge in [0.25, 0.3) is 0 Å². The van der Waals surface area contributed by atoms with Gasteiger partial charge in [-0.1, -0.05) is 0 Å². The molecule has 0 aliphatic heterocycles. The minimum Gasteiger partial charge on any atom is -0.469 e. The van der Waals surface area contributed by atoms with Gasteiger partial charge in [0, 0.05) is 10.8 Å². The van der Waals surface area contributed by atoms with E-state index in [0.29, 0.717) is 12.3 Å². The number of hydrogen-bond donors (Lipinski definition) is 0. The van der Waals surface area contributed by atoms with Crippen LogP contribution in [-0.4, -0.2) is 13.1 Å². The fourth-order valence-electron chi connectivity index (χ4n) is 0.803. The first-order valence-electron chi connectivity index (χ1n) is 3.45. The van der Waals surface area contributed by atoms with Crippen molar-refractivity contribution in [1.82, 2.24) is 0 Å². The SMILES string of the molecule is COC(=O)Cc1cc(CCl)cs1. The molecule has 1 aromatic heterocycles. The van der Waals surface area contributed by atoms with E-state index in [9.17, 15) is 4.79 Å². The number of esters is 1. The first-order chi connectivity index (χ1) is 5.76. The van der Waals surface area contributed by atoms with Crippen LogP contribution in [0.5, 0.6) is 0 Å². The predicted octanol–water partition coefficient (Wildman–Crippen LogP) is 2.20. The highest BCUT2D eigenvalue weighted by Crippen LogP contribution is 2.16. The molecule has 0 unspecified atom stereocenters. The molecule has 0 bridgehead atoms. The van der Waals surface area contributed by atoms with Gasteiger partial charge >= 0.3 is 5.97 Å². The smallest absolute Gasteiger partial charge is 0.310 e. The molecule has 0 aliphatic rings. The second kappa shape index (κ2) is 4.48. The summed E-state index contributed by atoms with van der Waals surface area (Å²) in [6.45, 7) is 0. The molecule has 0 fully saturated rings. The van der Waals surface area contributed by atoms with Gasteiger partial charge in [0.2, 0.25) is 0 Å². The average molecular weight is 205 g/mol. The highest BCUT2D eigenvalue weighted by atomic mass is 35.5. The predicted molar refractivity (Wildman–Crippen MR) is 49.6 cm³/mol. The van der Waals surface area contributed by atoms with E-state index in [2.05, 4.69) is 4.74 Å². The van der Waals surface area contributed by atoms with Crippen molar-refractivity contribution in [2.24, 2.45) is 0 Å². The number of alkyl halides is 1. The van der Waals surface area contributed by atoms with Crippen molar-refractivity contribution >= 4 is 28.9 Å². The minimum absolute atomic E-state index is 0.210. The summed E-state index contributed by atoms with van der Waals surface area (Å²) < 4.78 is 4.53. The third kappa shape index (κ3) is 2.50. The van der Waals surface area contributed by atoms with E-state index in [1.807, 2.05) is 11.4 Å². The molecular weight excluding hydrogens is 196 g/mol. The highest BCUT2D eigenvalue weighted by Gasteiger charge is 2.04. The number of thiophene rings is 1. The fraction of sp³-hybridized carbons (Fsp3) is 0.375. The molecule has 0 amide bonds. The average Bonchev–Trinajstić information content (AvgIpc) is 2.52. The van der Waals surface area contributed by atoms with Gasteiger partial charge in [-0.15, -0.1) is 22.9 Å². The lowest BCUT2D eigenvalue weighted by atomic mass is 10.3. The van der Waals surface area contributed by atoms with Crippen LogP contribution >= 0.6 is 22.9 Å². The van der Waals surface area contributed by atoms with Gasteiger partial charge in [-0.25, -0.2) is 0 Å². The van der Waals surface area contributed by atoms with Crippen LogP contribution in [0.4, 0.5) is 0 Å². The van der Waals surface area contributed by atoms with Crippen molar-refractivity contribution in [1.29, 1.82) is 0 Å². The first kappa shape index (κ1) is 9.55. The van der Waals surface area contributed by atoms with E-state index < -0.39 is 0 Å². The third-order valence-corrected chi connectivity index (χ3v) is 2.70. The van der Waals surface area contributed by atoms with Crippen molar-refractivity contribution < 1.29 is 9.53 Å². The summed E-state index contributed by atoms with van der Waals surface area (Å²) in [5.74, 6) is 0.287. The summed E-state index contributed by atoms with van der Waals surface area (Å²) in [4.78, 5) is 11.8. The lowest BCUT2D eigenvalue weighted by Crippen LogP contribution is -2.02. The Balaban J connectivity index is 2.58. The fourth-order valence-corrected chi connectivity index (χ4v) is 1.92. The molecule has 1 rings (SSSR count). The summed E-state index contributed by atoms with van der Waals surface area (Å²) in [6.07, 6.45) is 0.345. The summed E-state index contributed by atoms with van der Waals surface area (Å²) in [7, 11) is 1.39. The maximum atomic E-state index is 10.8. The Labute approximate surface area is 80.1 Å². The van der Waals surface area contributed by atoms with E-state index in [1.165, 1.54) is 18.4 Å². The standard InChI is InChI=1S/C8H9ClO2S/c1-11-8(10)3-7-2-6(4-9)5-12-7/h2,5H,3-4H2,1H3. The molecule has 4 heteroatoms. The van der Waals surface area contributed by atoms with Gasteiger partial charge < -0.3 is 4.74 Å². The van der Waals surface area contributed by atoms with Gasteiger partial charge in [-0.05, 0) is 17.0 Å². The minimum atomic E-state index is -0.210. The lowest BCUT2D eigenvalue weighted by Gasteiger charge is -1.93. The monoisotopic (exact) mass is 204 g/mol. The van der Waals surface area contributed by atoms with Crippen molar-refractivity contribution in [3.63, 3.8) is 0 Å². The molecule has 0 saturated heterocycles. The van der Waals surface area contributed by atoms with Gasteiger partial charge in [0.1, 0.15) is 0 Å². The van der Waals surface area contributed by atoms with Crippen molar-refractivity contribution in [3.05, 3.63) is 21.9 Å². The zero-order chi connectivity index (χ0) is 8.97. The van der Waals surface area contributed by atoms with Crippen molar-refractivity contribution in [3.8, 4) is 0 Å². The van der Waals surface area contributed by atoms with Crippen LogP contribution in [0.1, 0.15) is 10.4 Å². The molecule has 1 aromatic rings. The number of hydrogen-bond acceptors (Lipinski definition) is 3. The van der Waals surface area contributed by atoms with Crippen molar-refractivity contribution in [2.45, 2.75) is 12.3 Å². The number of rotatable bonds is 3. The Morgan fingerprint density at radius 1 is 1.75 bits per heavy atom. The Morgan fingerprint density at radius 2 is 2.50 bits per heavy atom. The molecule has 0 atom stereocenters. The largest absolute Gasteiger partial charge is 0.469 e. The number of ether oxygens (including phenoxy) is 1. The first-order valence-corrected chi connectivity index (χ1v) is 4.86. The summed E-state index contributed by atoms with van der Waals surface area (Å²) in [6, 6.07) is 1.93. The van der Waals surface area contributed by atoms with Gasteiger partial charge in [0.15, 0.2) is 0 Å². The number of carbonyl (C=O) groups is 1. The number of halogens is 1. The molecule has 0 N–H and O–H groups in total. The topological polar surface area (TPSA) is 26.3 Å². The van der Waals surface area contributed by atoms with Gasteiger partial charge in [-0.3, -0.25) is 4.79 Å². The van der Waals surface area contributed by atoms with Crippen LogP contribution in [0, 0.1) is 0 Å². The Hall–Kier alpha value is -0.540. The second-order valence-corrected chi connectivity index (χ2v) is 3.57. The molecule has 66 valence electrons. The maximum Gasteiger partial charge on any atom is 0.310 e. The molecule has 2 nitrogen and oxygen atoms in total. The Morgan fingerprint density at radius 3 is 3.00 bits per heavy atom. The van der Waals surface area contributed by atoms with E-state index in [-0.39, 0.29) is 5.97 Å². The quantitative estimate of drug-likeness (QED) is 0.558. The number of carbonyl (C=O) groups excluding carboxylic acids is 1. The Bertz CT molecular complexity index is 270. The van der Waals surface area contributed by atoms with Crippen LogP contribution in [0.3, 0.4) is 0 Å². The van der Waals surface area contributed by atoms with Crippen LogP contribution in [-0.2, 0) is 21.8 Å². The van der Waals surface area contributed by atoms with Crippen molar-refractivity contribution in [2.75, 3.05) is 7.11 Å². The Kier molecular flexibility index (Phi) is 3.56. The summed E-state index contributed by atoms with van der Waals surface area (Å²) in [5, 5.41) is 1.95. The molecule has 0 aromatic carbocycles. The zero-order valence-corrected chi connectivity index (χ0v) is 8.24. The molecule has 0 saturated carbocycles. The summed E-state index contributed by atoms with van der Waals surface area (Å²) in [5.41, 5.74) is 1.06.